The second-order valence-corrected chi connectivity index (χ2v) is 8.19. The van der Waals surface area contributed by atoms with Crippen LogP contribution in [0.2, 0.25) is 0 Å². The van der Waals surface area contributed by atoms with Gasteiger partial charge < -0.3 is 14.9 Å². The molecule has 0 bridgehead atoms. The molecule has 7 heteroatoms. The van der Waals surface area contributed by atoms with Gasteiger partial charge in [0, 0.05) is 28.2 Å². The van der Waals surface area contributed by atoms with Crippen molar-refractivity contribution in [3.05, 3.63) is 47.1 Å². The van der Waals surface area contributed by atoms with E-state index in [9.17, 15) is 9.90 Å². The maximum Gasteiger partial charge on any atom is 0.512 e. The monoisotopic (exact) mass is 405 g/mol. The number of ether oxygens (including phenoxy) is 1. The first kappa shape index (κ1) is 19.7. The van der Waals surface area contributed by atoms with Gasteiger partial charge in [-0.2, -0.15) is 0 Å². The Morgan fingerprint density at radius 3 is 2.85 bits per heavy atom. The summed E-state index contributed by atoms with van der Waals surface area (Å²) in [5, 5.41) is 19.3. The number of pyridine rings is 1. The lowest BCUT2D eigenvalue weighted by Gasteiger charge is -2.18. The van der Waals surface area contributed by atoms with Crippen LogP contribution >= 0.6 is 22.9 Å². The predicted molar refractivity (Wildman–Crippen MR) is 104 cm³/mol. The summed E-state index contributed by atoms with van der Waals surface area (Å²) >= 11 is 7.81. The molecule has 0 unspecified atom stereocenters. The lowest BCUT2D eigenvalue weighted by atomic mass is 9.90. The van der Waals surface area contributed by atoms with E-state index in [1.165, 1.54) is 11.3 Å². The predicted octanol–water partition coefficient (Wildman–Crippen LogP) is 4.18. The number of alkyl halides is 1. The molecule has 0 spiro atoms. The highest BCUT2D eigenvalue weighted by Crippen LogP contribution is 2.39. The van der Waals surface area contributed by atoms with Crippen LogP contribution in [0.25, 0.3) is 0 Å². The highest BCUT2D eigenvalue weighted by molar-refractivity contribution is 7.13. The van der Waals surface area contributed by atoms with Gasteiger partial charge in [0.2, 0.25) is 0 Å². The van der Waals surface area contributed by atoms with Gasteiger partial charge in [0.25, 0.3) is 0 Å². The van der Waals surface area contributed by atoms with E-state index in [1.807, 2.05) is 18.2 Å². The standard InChI is InChI=1S/C20H20ClNO4S/c21-17-12-18(23)16(6-4-13-8-10-22-11-9-13)15(17)3-1-2-14-5-7-19(27-14)26-20(24)25/h5,7-11,15-18,23H,1-3,12H2,(H,24,25)/t15-,16-,17-,18-/m1/s1. The molecule has 3 rings (SSSR count). The first-order chi connectivity index (χ1) is 13.0. The Labute approximate surface area is 167 Å². The van der Waals surface area contributed by atoms with Crippen molar-refractivity contribution in [2.45, 2.75) is 37.2 Å². The van der Waals surface area contributed by atoms with Crippen molar-refractivity contribution in [1.82, 2.24) is 4.98 Å². The summed E-state index contributed by atoms with van der Waals surface area (Å²) in [5.74, 6) is 6.31. The van der Waals surface area contributed by atoms with Crippen LogP contribution in [0.5, 0.6) is 5.06 Å². The molecule has 0 aromatic carbocycles. The van der Waals surface area contributed by atoms with Gasteiger partial charge >= 0.3 is 6.16 Å². The van der Waals surface area contributed by atoms with E-state index in [1.54, 1.807) is 18.5 Å². The summed E-state index contributed by atoms with van der Waals surface area (Å²) in [4.78, 5) is 15.6. The third kappa shape index (κ3) is 5.46. The van der Waals surface area contributed by atoms with E-state index in [4.69, 9.17) is 16.7 Å². The minimum Gasteiger partial charge on any atom is -0.449 e. The number of thiophene rings is 1. The first-order valence-corrected chi connectivity index (χ1v) is 10.0. The van der Waals surface area contributed by atoms with Crippen LogP contribution in [0.3, 0.4) is 0 Å². The van der Waals surface area contributed by atoms with Crippen LogP contribution in [0, 0.1) is 23.7 Å². The van der Waals surface area contributed by atoms with Crippen LogP contribution in [0.4, 0.5) is 4.79 Å². The van der Waals surface area contributed by atoms with Crippen LogP contribution in [-0.2, 0) is 6.42 Å². The molecule has 2 aromatic rings. The third-order valence-electron chi connectivity index (χ3n) is 4.66. The fourth-order valence-electron chi connectivity index (χ4n) is 3.37. The normalized spacial score (nSPS) is 24.2. The van der Waals surface area contributed by atoms with E-state index >= 15 is 0 Å². The number of nitrogens with zero attached hydrogens (tertiary/aromatic N) is 1. The van der Waals surface area contributed by atoms with E-state index in [0.29, 0.717) is 11.5 Å². The van der Waals surface area contributed by atoms with Crippen molar-refractivity contribution >= 4 is 29.1 Å². The second kappa shape index (κ2) is 9.23. The zero-order valence-electron chi connectivity index (χ0n) is 14.5. The molecular weight excluding hydrogens is 386 g/mol. The molecule has 0 amide bonds. The average Bonchev–Trinajstić information content (AvgIpc) is 3.18. The molecule has 142 valence electrons. The molecule has 2 heterocycles. The molecule has 0 radical (unpaired) electrons. The molecule has 2 N–H and O–H groups in total. The molecule has 4 atom stereocenters. The highest BCUT2D eigenvalue weighted by Gasteiger charge is 2.40. The lowest BCUT2D eigenvalue weighted by Crippen LogP contribution is -2.19. The molecule has 0 aliphatic heterocycles. The third-order valence-corrected chi connectivity index (χ3v) is 6.18. The van der Waals surface area contributed by atoms with E-state index in [0.717, 1.165) is 29.7 Å². The maximum absolute atomic E-state index is 10.6. The van der Waals surface area contributed by atoms with Crippen LogP contribution in [0.1, 0.15) is 29.7 Å². The molecule has 1 fully saturated rings. The maximum atomic E-state index is 10.6. The molecule has 1 aliphatic rings. The van der Waals surface area contributed by atoms with Crippen molar-refractivity contribution in [1.29, 1.82) is 0 Å². The summed E-state index contributed by atoms with van der Waals surface area (Å²) in [5.41, 5.74) is 0.874. The summed E-state index contributed by atoms with van der Waals surface area (Å²) in [6, 6.07) is 7.23. The van der Waals surface area contributed by atoms with Gasteiger partial charge in [-0.05, 0) is 55.9 Å². The summed E-state index contributed by atoms with van der Waals surface area (Å²) in [6.07, 6.45) is 4.69. The van der Waals surface area contributed by atoms with Crippen molar-refractivity contribution in [3.63, 3.8) is 0 Å². The van der Waals surface area contributed by atoms with Gasteiger partial charge in [-0.25, -0.2) is 4.79 Å². The molecular formula is C20H20ClNO4S. The topological polar surface area (TPSA) is 79.7 Å². The van der Waals surface area contributed by atoms with Gasteiger partial charge in [0.15, 0.2) is 5.06 Å². The molecule has 5 nitrogen and oxygen atoms in total. The van der Waals surface area contributed by atoms with Gasteiger partial charge in [-0.1, -0.05) is 11.8 Å². The lowest BCUT2D eigenvalue weighted by molar-refractivity contribution is 0.144. The number of aromatic nitrogens is 1. The van der Waals surface area contributed by atoms with Crippen molar-refractivity contribution in [2.75, 3.05) is 0 Å². The smallest absolute Gasteiger partial charge is 0.449 e. The van der Waals surface area contributed by atoms with Gasteiger partial charge in [-0.15, -0.1) is 22.9 Å². The number of hydrogen-bond acceptors (Lipinski definition) is 5. The van der Waals surface area contributed by atoms with Crippen molar-refractivity contribution < 1.29 is 19.7 Å². The number of carbonyl (C=O) groups is 1. The van der Waals surface area contributed by atoms with Gasteiger partial charge in [0.05, 0.1) is 12.0 Å². The highest BCUT2D eigenvalue weighted by atomic mass is 35.5. The van der Waals surface area contributed by atoms with E-state index in [2.05, 4.69) is 21.6 Å². The summed E-state index contributed by atoms with van der Waals surface area (Å²) in [7, 11) is 0. The SMILES string of the molecule is O=C(O)Oc1ccc(CCC[C@@H]2[C@@H](C#Cc3ccncc3)[C@H](O)C[C@H]2Cl)s1. The number of aliphatic hydroxyl groups is 1. The van der Waals surface area contributed by atoms with Crippen molar-refractivity contribution in [3.8, 4) is 16.9 Å². The van der Waals surface area contributed by atoms with Crippen LogP contribution in [-0.4, -0.2) is 32.8 Å². The zero-order chi connectivity index (χ0) is 19.2. The Bertz CT molecular complexity index is 829. The number of hydrogen-bond donors (Lipinski definition) is 2. The first-order valence-electron chi connectivity index (χ1n) is 8.76. The van der Waals surface area contributed by atoms with E-state index < -0.39 is 12.3 Å². The largest absolute Gasteiger partial charge is 0.512 e. The van der Waals surface area contributed by atoms with Gasteiger partial charge in [0.1, 0.15) is 0 Å². The zero-order valence-corrected chi connectivity index (χ0v) is 16.1. The molecule has 0 saturated heterocycles. The number of aryl methyl sites for hydroxylation is 1. The minimum absolute atomic E-state index is 0.0917. The number of rotatable bonds is 5. The van der Waals surface area contributed by atoms with Gasteiger partial charge in [-0.3, -0.25) is 4.98 Å². The number of carboxylic acid groups (broad SMARTS) is 1. The average molecular weight is 406 g/mol. The Morgan fingerprint density at radius 2 is 2.11 bits per heavy atom. The Kier molecular flexibility index (Phi) is 6.73. The quantitative estimate of drug-likeness (QED) is 0.443. The minimum atomic E-state index is -1.30. The summed E-state index contributed by atoms with van der Waals surface area (Å²) < 4.78 is 4.66. The number of halogens is 1. The Hall–Kier alpha value is -2.07. The van der Waals surface area contributed by atoms with E-state index in [-0.39, 0.29) is 17.2 Å². The Balaban J connectivity index is 1.58. The number of aliphatic hydroxyl groups excluding tert-OH is 1. The Morgan fingerprint density at radius 1 is 1.33 bits per heavy atom. The van der Waals surface area contributed by atoms with Crippen LogP contribution in [0.15, 0.2) is 36.7 Å². The van der Waals surface area contributed by atoms with Crippen LogP contribution < -0.4 is 4.74 Å². The fraction of sp³-hybridized carbons (Fsp3) is 0.400. The molecule has 1 aliphatic carbocycles. The fourth-order valence-corrected chi connectivity index (χ4v) is 4.73. The molecule has 1 saturated carbocycles. The summed E-state index contributed by atoms with van der Waals surface area (Å²) in [6.45, 7) is 0. The van der Waals surface area contributed by atoms with Crippen molar-refractivity contribution in [2.24, 2.45) is 11.8 Å². The second-order valence-electron chi connectivity index (χ2n) is 6.49. The molecule has 27 heavy (non-hydrogen) atoms. The molecule has 2 aromatic heterocycles.